The molecule has 1 aliphatic rings. The van der Waals surface area contributed by atoms with Gasteiger partial charge in [-0.3, -0.25) is 4.79 Å². The van der Waals surface area contributed by atoms with Gasteiger partial charge in [-0.2, -0.15) is 0 Å². The average Bonchev–Trinajstić information content (AvgIpc) is 2.57. The molecular formula is C17H26N2O. The molecule has 2 rings (SSSR count). The lowest BCUT2D eigenvalue weighted by Gasteiger charge is -2.38. The van der Waals surface area contributed by atoms with Crippen molar-refractivity contribution in [1.29, 1.82) is 0 Å². The largest absolute Gasteiger partial charge is 0.332 e. The molecule has 0 aromatic heterocycles. The smallest absolute Gasteiger partial charge is 0.223 e. The van der Waals surface area contributed by atoms with Crippen molar-refractivity contribution in [3.8, 4) is 0 Å². The van der Waals surface area contributed by atoms with E-state index in [2.05, 4.69) is 45.0 Å². The predicted octanol–water partition coefficient (Wildman–Crippen LogP) is 3.04. The van der Waals surface area contributed by atoms with Crippen molar-refractivity contribution < 1.29 is 4.79 Å². The molecule has 3 heteroatoms. The minimum absolute atomic E-state index is 0.0150. The summed E-state index contributed by atoms with van der Waals surface area (Å²) in [6, 6.07) is 8.62. The molecule has 1 saturated heterocycles. The summed E-state index contributed by atoms with van der Waals surface area (Å²) in [4.78, 5) is 14.5. The monoisotopic (exact) mass is 274 g/mol. The van der Waals surface area contributed by atoms with Crippen LogP contribution in [0.3, 0.4) is 0 Å². The van der Waals surface area contributed by atoms with E-state index in [1.54, 1.807) is 0 Å². The van der Waals surface area contributed by atoms with E-state index in [4.69, 9.17) is 5.73 Å². The van der Waals surface area contributed by atoms with Gasteiger partial charge >= 0.3 is 0 Å². The molecule has 2 N–H and O–H groups in total. The average molecular weight is 274 g/mol. The number of aryl methyl sites for hydroxylation is 1. The van der Waals surface area contributed by atoms with Crippen molar-refractivity contribution in [3.05, 3.63) is 35.4 Å². The van der Waals surface area contributed by atoms with Crippen LogP contribution in [0.1, 0.15) is 57.2 Å². The first-order chi connectivity index (χ1) is 9.56. The number of carbonyl (C=O) groups is 1. The Bertz CT molecular complexity index is 470. The van der Waals surface area contributed by atoms with Gasteiger partial charge in [0, 0.05) is 18.5 Å². The van der Waals surface area contributed by atoms with E-state index in [1.807, 2.05) is 4.90 Å². The van der Waals surface area contributed by atoms with Gasteiger partial charge in [-0.25, -0.2) is 0 Å². The first-order valence-corrected chi connectivity index (χ1v) is 7.70. The van der Waals surface area contributed by atoms with Gasteiger partial charge in [0.25, 0.3) is 0 Å². The van der Waals surface area contributed by atoms with Gasteiger partial charge in [0.05, 0.1) is 6.04 Å². The van der Waals surface area contributed by atoms with E-state index < -0.39 is 0 Å². The molecule has 0 spiro atoms. The van der Waals surface area contributed by atoms with Gasteiger partial charge in [-0.1, -0.05) is 31.2 Å². The van der Waals surface area contributed by atoms with Crippen LogP contribution in [0.15, 0.2) is 24.3 Å². The highest BCUT2D eigenvalue weighted by molar-refractivity contribution is 5.77. The molecule has 110 valence electrons. The highest BCUT2D eigenvalue weighted by Gasteiger charge is 2.35. The van der Waals surface area contributed by atoms with E-state index in [0.717, 1.165) is 19.3 Å². The highest BCUT2D eigenvalue weighted by Crippen LogP contribution is 2.33. The van der Waals surface area contributed by atoms with Crippen LogP contribution in [-0.2, 0) is 11.2 Å². The summed E-state index contributed by atoms with van der Waals surface area (Å²) in [6.07, 6.45) is 3.40. The Morgan fingerprint density at radius 1 is 1.35 bits per heavy atom. The van der Waals surface area contributed by atoms with Gasteiger partial charge in [0.1, 0.15) is 0 Å². The van der Waals surface area contributed by atoms with E-state index in [1.165, 1.54) is 11.1 Å². The zero-order chi connectivity index (χ0) is 14.7. The van der Waals surface area contributed by atoms with E-state index in [0.29, 0.717) is 6.42 Å². The third-order valence-corrected chi connectivity index (χ3v) is 4.23. The quantitative estimate of drug-likeness (QED) is 0.921. The number of hydrogen-bond acceptors (Lipinski definition) is 2. The fourth-order valence-corrected chi connectivity index (χ4v) is 3.27. The van der Waals surface area contributed by atoms with Crippen molar-refractivity contribution >= 4 is 5.91 Å². The number of hydrogen-bond donors (Lipinski definition) is 1. The molecule has 0 saturated carbocycles. The zero-order valence-corrected chi connectivity index (χ0v) is 12.8. The van der Waals surface area contributed by atoms with Crippen LogP contribution in [0, 0.1) is 0 Å². The number of nitrogens with zero attached hydrogens (tertiary/aromatic N) is 1. The maximum Gasteiger partial charge on any atom is 0.223 e. The van der Waals surface area contributed by atoms with E-state index in [9.17, 15) is 4.79 Å². The molecule has 1 aromatic rings. The molecule has 2 atom stereocenters. The molecule has 3 nitrogen and oxygen atoms in total. The van der Waals surface area contributed by atoms with Gasteiger partial charge in [0.2, 0.25) is 5.91 Å². The van der Waals surface area contributed by atoms with Crippen LogP contribution in [0.25, 0.3) is 0 Å². The fourth-order valence-electron chi connectivity index (χ4n) is 3.27. The van der Waals surface area contributed by atoms with Crippen LogP contribution in [0.5, 0.6) is 0 Å². The number of amides is 1. The van der Waals surface area contributed by atoms with Gasteiger partial charge in [0.15, 0.2) is 0 Å². The van der Waals surface area contributed by atoms with Gasteiger partial charge in [-0.05, 0) is 44.2 Å². The Morgan fingerprint density at radius 3 is 2.70 bits per heavy atom. The normalized spacial score (nSPS) is 24.1. The number of rotatable bonds is 3. The number of carbonyl (C=O) groups excluding carboxylic acids is 1. The summed E-state index contributed by atoms with van der Waals surface area (Å²) in [5.74, 6) is 0.240. The second-order valence-electron chi connectivity index (χ2n) is 5.95. The van der Waals surface area contributed by atoms with E-state index >= 15 is 0 Å². The predicted molar refractivity (Wildman–Crippen MR) is 82.4 cm³/mol. The molecule has 1 fully saturated rings. The molecule has 1 aromatic carbocycles. The summed E-state index contributed by atoms with van der Waals surface area (Å²) < 4.78 is 0. The third-order valence-electron chi connectivity index (χ3n) is 4.23. The zero-order valence-electron chi connectivity index (χ0n) is 12.8. The second kappa shape index (κ2) is 6.40. The van der Waals surface area contributed by atoms with Crippen molar-refractivity contribution in [2.45, 2.75) is 64.6 Å². The first-order valence-electron chi connectivity index (χ1n) is 7.70. The summed E-state index contributed by atoms with van der Waals surface area (Å²) in [7, 11) is 0. The number of likely N-dealkylation sites (tertiary alicyclic amines) is 1. The molecule has 1 aliphatic heterocycles. The molecule has 1 heterocycles. The van der Waals surface area contributed by atoms with Gasteiger partial charge < -0.3 is 10.6 Å². The summed E-state index contributed by atoms with van der Waals surface area (Å²) in [5.41, 5.74) is 8.96. The highest BCUT2D eigenvalue weighted by atomic mass is 16.2. The molecule has 0 bridgehead atoms. The standard InChI is InChI=1S/C17H26N2O/c1-4-13-8-5-6-9-14(13)17-15(18)10-7-11-16(20)19(17)12(2)3/h5-6,8-9,12,15,17H,4,7,10-11,18H2,1-3H3. The Labute approximate surface area is 122 Å². The van der Waals surface area contributed by atoms with Crippen LogP contribution in [-0.4, -0.2) is 22.9 Å². The van der Waals surface area contributed by atoms with Crippen LogP contribution in [0.4, 0.5) is 0 Å². The lowest BCUT2D eigenvalue weighted by atomic mass is 9.91. The Hall–Kier alpha value is -1.35. The van der Waals surface area contributed by atoms with Crippen LogP contribution >= 0.6 is 0 Å². The summed E-state index contributed by atoms with van der Waals surface area (Å²) in [6.45, 7) is 6.32. The summed E-state index contributed by atoms with van der Waals surface area (Å²) >= 11 is 0. The van der Waals surface area contributed by atoms with Crippen molar-refractivity contribution in [3.63, 3.8) is 0 Å². The Kier molecular flexibility index (Phi) is 4.81. The fraction of sp³-hybridized carbons (Fsp3) is 0.588. The maximum atomic E-state index is 12.5. The number of benzene rings is 1. The van der Waals surface area contributed by atoms with Crippen molar-refractivity contribution in [2.24, 2.45) is 5.73 Å². The lowest BCUT2D eigenvalue weighted by molar-refractivity contribution is -0.135. The SMILES string of the molecule is CCc1ccccc1C1C(N)CCCC(=O)N1C(C)C. The minimum Gasteiger partial charge on any atom is -0.332 e. The summed E-state index contributed by atoms with van der Waals surface area (Å²) in [5, 5.41) is 0. The van der Waals surface area contributed by atoms with Crippen molar-refractivity contribution in [1.82, 2.24) is 4.90 Å². The first kappa shape index (κ1) is 15.0. The maximum absolute atomic E-state index is 12.5. The third kappa shape index (κ3) is 2.88. The topological polar surface area (TPSA) is 46.3 Å². The Balaban J connectivity index is 2.49. The molecule has 2 unspecified atom stereocenters. The molecule has 0 radical (unpaired) electrons. The van der Waals surface area contributed by atoms with Crippen LogP contribution < -0.4 is 5.73 Å². The van der Waals surface area contributed by atoms with Gasteiger partial charge in [-0.15, -0.1) is 0 Å². The van der Waals surface area contributed by atoms with Crippen molar-refractivity contribution in [2.75, 3.05) is 0 Å². The second-order valence-corrected chi connectivity index (χ2v) is 5.95. The number of nitrogens with two attached hydrogens (primary N) is 1. The molecule has 20 heavy (non-hydrogen) atoms. The minimum atomic E-state index is 0.0150. The Morgan fingerprint density at radius 2 is 2.05 bits per heavy atom. The lowest BCUT2D eigenvalue weighted by Crippen LogP contribution is -2.46. The molecule has 0 aliphatic carbocycles. The van der Waals surface area contributed by atoms with E-state index in [-0.39, 0.29) is 24.0 Å². The molecule has 1 amide bonds. The molecular weight excluding hydrogens is 248 g/mol. The van der Waals surface area contributed by atoms with Crippen LogP contribution in [0.2, 0.25) is 0 Å².